The molecule has 3 rings (SSSR count). The number of carbonyl (C=O) groups excluding carboxylic acids is 1. The SMILES string of the molecule is CCCN(CC1CC1)C(=O)N=c1sc(C)cn1-c1ccc(C(F)(F)F)cc1. The lowest BCUT2D eigenvalue weighted by molar-refractivity contribution is -0.137. The van der Waals surface area contributed by atoms with Gasteiger partial charge in [0.1, 0.15) is 0 Å². The fourth-order valence-electron chi connectivity index (χ4n) is 2.83. The minimum atomic E-state index is -4.37. The van der Waals surface area contributed by atoms with Crippen LogP contribution in [0.2, 0.25) is 0 Å². The van der Waals surface area contributed by atoms with Crippen molar-refractivity contribution in [3.05, 3.63) is 45.7 Å². The summed E-state index contributed by atoms with van der Waals surface area (Å²) < 4.78 is 40.0. The van der Waals surface area contributed by atoms with Crippen LogP contribution in [-0.2, 0) is 6.18 Å². The molecule has 1 aliphatic rings. The summed E-state index contributed by atoms with van der Waals surface area (Å²) in [6.45, 7) is 5.28. The standard InChI is InChI=1S/C19H22F3N3OS/c1-3-10-24(12-14-4-5-14)17(26)23-18-25(11-13(2)27-18)16-8-6-15(7-9-16)19(20,21)22/h6-9,11,14H,3-5,10,12H2,1-2H3. The molecule has 0 saturated heterocycles. The fraction of sp³-hybridized carbons (Fsp3) is 0.474. The summed E-state index contributed by atoms with van der Waals surface area (Å²) in [5.74, 6) is 0.572. The van der Waals surface area contributed by atoms with E-state index in [0.29, 0.717) is 23.0 Å². The van der Waals surface area contributed by atoms with Crippen LogP contribution in [0.15, 0.2) is 35.5 Å². The second-order valence-electron chi connectivity index (χ2n) is 6.82. The summed E-state index contributed by atoms with van der Waals surface area (Å²) >= 11 is 1.34. The van der Waals surface area contributed by atoms with Gasteiger partial charge < -0.3 is 4.90 Å². The van der Waals surface area contributed by atoms with Crippen molar-refractivity contribution in [2.45, 2.75) is 39.3 Å². The molecule has 2 aromatic rings. The van der Waals surface area contributed by atoms with Crippen molar-refractivity contribution in [2.75, 3.05) is 13.1 Å². The molecule has 0 N–H and O–H groups in total. The van der Waals surface area contributed by atoms with Gasteiger partial charge in [0.05, 0.1) is 5.56 Å². The van der Waals surface area contributed by atoms with Crippen molar-refractivity contribution in [1.82, 2.24) is 9.47 Å². The van der Waals surface area contributed by atoms with Gasteiger partial charge in [-0.3, -0.25) is 4.57 Å². The van der Waals surface area contributed by atoms with Crippen LogP contribution in [0.25, 0.3) is 5.69 Å². The maximum Gasteiger partial charge on any atom is 0.416 e. The fourth-order valence-corrected chi connectivity index (χ4v) is 3.66. The highest BCUT2D eigenvalue weighted by Gasteiger charge is 2.30. The van der Waals surface area contributed by atoms with Crippen LogP contribution in [0.4, 0.5) is 18.0 Å². The van der Waals surface area contributed by atoms with Crippen LogP contribution in [0.5, 0.6) is 0 Å². The van der Waals surface area contributed by atoms with Gasteiger partial charge in [-0.2, -0.15) is 18.2 Å². The first-order valence-corrected chi connectivity index (χ1v) is 9.80. The van der Waals surface area contributed by atoms with Crippen molar-refractivity contribution in [3.8, 4) is 5.69 Å². The number of nitrogens with zero attached hydrogens (tertiary/aromatic N) is 3. The van der Waals surface area contributed by atoms with Gasteiger partial charge in [-0.15, -0.1) is 11.3 Å². The zero-order valence-corrected chi connectivity index (χ0v) is 16.1. The Kier molecular flexibility index (Phi) is 5.74. The van der Waals surface area contributed by atoms with Gasteiger partial charge >= 0.3 is 12.2 Å². The Labute approximate surface area is 160 Å². The highest BCUT2D eigenvalue weighted by molar-refractivity contribution is 7.09. The van der Waals surface area contributed by atoms with Crippen molar-refractivity contribution < 1.29 is 18.0 Å². The number of urea groups is 1. The average Bonchev–Trinajstić information content (AvgIpc) is 3.35. The monoisotopic (exact) mass is 397 g/mol. The lowest BCUT2D eigenvalue weighted by Gasteiger charge is -2.19. The normalized spacial score (nSPS) is 15.2. The zero-order chi connectivity index (χ0) is 19.6. The molecular formula is C19H22F3N3OS. The molecule has 0 radical (unpaired) electrons. The minimum Gasteiger partial charge on any atom is -0.323 e. The molecule has 1 heterocycles. The Morgan fingerprint density at radius 3 is 2.52 bits per heavy atom. The summed E-state index contributed by atoms with van der Waals surface area (Å²) in [6.07, 6.45) is 0.565. The second-order valence-corrected chi connectivity index (χ2v) is 8.04. The molecule has 0 aliphatic heterocycles. The predicted octanol–water partition coefficient (Wildman–Crippen LogP) is 5.01. The molecule has 27 heavy (non-hydrogen) atoms. The summed E-state index contributed by atoms with van der Waals surface area (Å²) in [6, 6.07) is 4.58. The van der Waals surface area contributed by atoms with E-state index in [-0.39, 0.29) is 6.03 Å². The maximum absolute atomic E-state index is 12.8. The van der Waals surface area contributed by atoms with E-state index in [1.807, 2.05) is 13.8 Å². The third-order valence-electron chi connectivity index (χ3n) is 4.37. The zero-order valence-electron chi connectivity index (χ0n) is 15.3. The van der Waals surface area contributed by atoms with Crippen LogP contribution < -0.4 is 4.80 Å². The van der Waals surface area contributed by atoms with Crippen LogP contribution in [0.1, 0.15) is 36.6 Å². The molecule has 1 fully saturated rings. The summed E-state index contributed by atoms with van der Waals surface area (Å²) in [5.41, 5.74) is -0.157. The molecule has 4 nitrogen and oxygen atoms in total. The first kappa shape index (κ1) is 19.7. The largest absolute Gasteiger partial charge is 0.416 e. The Morgan fingerprint density at radius 2 is 1.96 bits per heavy atom. The van der Waals surface area contributed by atoms with Crippen molar-refractivity contribution in [1.29, 1.82) is 0 Å². The van der Waals surface area contributed by atoms with Gasteiger partial charge in [0, 0.05) is 29.9 Å². The first-order chi connectivity index (χ1) is 12.8. The number of alkyl halides is 3. The second kappa shape index (κ2) is 7.88. The van der Waals surface area contributed by atoms with E-state index in [1.54, 1.807) is 15.7 Å². The number of hydrogen-bond acceptors (Lipinski definition) is 2. The number of hydrogen-bond donors (Lipinski definition) is 0. The quantitative estimate of drug-likeness (QED) is 0.699. The minimum absolute atomic E-state index is 0.286. The van der Waals surface area contributed by atoms with Crippen molar-refractivity contribution in [2.24, 2.45) is 10.9 Å². The van der Waals surface area contributed by atoms with E-state index >= 15 is 0 Å². The number of halogens is 3. The highest BCUT2D eigenvalue weighted by atomic mass is 32.1. The smallest absolute Gasteiger partial charge is 0.323 e. The van der Waals surface area contributed by atoms with E-state index in [0.717, 1.165) is 42.8 Å². The number of benzene rings is 1. The predicted molar refractivity (Wildman–Crippen MR) is 98.9 cm³/mol. The van der Waals surface area contributed by atoms with E-state index in [4.69, 9.17) is 0 Å². The number of aromatic nitrogens is 1. The third-order valence-corrected chi connectivity index (χ3v) is 5.27. The number of amides is 2. The number of rotatable bonds is 5. The van der Waals surface area contributed by atoms with Gasteiger partial charge in [-0.05, 0) is 56.4 Å². The van der Waals surface area contributed by atoms with E-state index in [9.17, 15) is 18.0 Å². The lowest BCUT2D eigenvalue weighted by Crippen LogP contribution is -2.33. The molecule has 8 heteroatoms. The van der Waals surface area contributed by atoms with Crippen LogP contribution in [0, 0.1) is 12.8 Å². The molecule has 1 aromatic carbocycles. The molecule has 146 valence electrons. The van der Waals surface area contributed by atoms with Gasteiger partial charge in [-0.25, -0.2) is 4.79 Å². The third kappa shape index (κ3) is 5.00. The van der Waals surface area contributed by atoms with E-state index < -0.39 is 11.7 Å². The van der Waals surface area contributed by atoms with E-state index in [2.05, 4.69) is 4.99 Å². The molecule has 0 unspecified atom stereocenters. The van der Waals surface area contributed by atoms with Gasteiger partial charge in [0.2, 0.25) is 0 Å². The van der Waals surface area contributed by atoms with E-state index in [1.165, 1.54) is 23.5 Å². The summed E-state index contributed by atoms with van der Waals surface area (Å²) in [5, 5.41) is 0. The van der Waals surface area contributed by atoms with Crippen molar-refractivity contribution in [3.63, 3.8) is 0 Å². The van der Waals surface area contributed by atoms with Gasteiger partial charge in [0.25, 0.3) is 0 Å². The molecule has 2 amide bonds. The Morgan fingerprint density at radius 1 is 1.30 bits per heavy atom. The van der Waals surface area contributed by atoms with Crippen molar-refractivity contribution >= 4 is 17.4 Å². The van der Waals surface area contributed by atoms with Crippen LogP contribution in [-0.4, -0.2) is 28.6 Å². The maximum atomic E-state index is 12.8. The molecule has 1 saturated carbocycles. The average molecular weight is 397 g/mol. The number of thiazole rings is 1. The van der Waals surface area contributed by atoms with Gasteiger partial charge in [-0.1, -0.05) is 6.92 Å². The lowest BCUT2D eigenvalue weighted by atomic mass is 10.2. The molecule has 1 aromatic heterocycles. The van der Waals surface area contributed by atoms with Gasteiger partial charge in [0.15, 0.2) is 4.80 Å². The first-order valence-electron chi connectivity index (χ1n) is 8.98. The highest BCUT2D eigenvalue weighted by Crippen LogP contribution is 2.30. The molecule has 1 aliphatic carbocycles. The Hall–Kier alpha value is -2.09. The molecule has 0 spiro atoms. The Bertz CT molecular complexity index is 864. The summed E-state index contributed by atoms with van der Waals surface area (Å²) in [4.78, 5) is 20.1. The molecular weight excluding hydrogens is 375 g/mol. The van der Waals surface area contributed by atoms with Crippen LogP contribution in [0.3, 0.4) is 0 Å². The number of aryl methyl sites for hydroxylation is 1. The number of carbonyl (C=O) groups is 1. The molecule has 0 atom stereocenters. The summed E-state index contributed by atoms with van der Waals surface area (Å²) in [7, 11) is 0. The molecule has 0 bridgehead atoms. The van der Waals surface area contributed by atoms with Crippen LogP contribution >= 0.6 is 11.3 Å². The Balaban J connectivity index is 1.90. The topological polar surface area (TPSA) is 37.6 Å².